The molecular formula is C25H29ClN2O5. The number of aromatic carboxylic acids is 1. The van der Waals surface area contributed by atoms with Crippen LogP contribution in [0.15, 0.2) is 36.4 Å². The van der Waals surface area contributed by atoms with Crippen molar-refractivity contribution in [3.63, 3.8) is 0 Å². The summed E-state index contributed by atoms with van der Waals surface area (Å²) in [7, 11) is 4.70. The first kappa shape index (κ1) is 24.5. The molecule has 3 aromatic rings. The van der Waals surface area contributed by atoms with E-state index in [-0.39, 0.29) is 0 Å². The van der Waals surface area contributed by atoms with E-state index in [9.17, 15) is 9.90 Å². The second-order valence-corrected chi connectivity index (χ2v) is 8.05. The molecule has 1 aromatic heterocycles. The van der Waals surface area contributed by atoms with E-state index in [1.54, 1.807) is 21.3 Å². The van der Waals surface area contributed by atoms with Crippen molar-refractivity contribution in [3.05, 3.63) is 75.1 Å². The molecule has 3 rings (SSSR count). The fourth-order valence-electron chi connectivity index (χ4n) is 4.05. The van der Waals surface area contributed by atoms with Crippen LogP contribution >= 0.6 is 11.6 Å². The van der Waals surface area contributed by atoms with Crippen molar-refractivity contribution in [2.45, 2.75) is 33.5 Å². The molecule has 2 N–H and O–H groups in total. The summed E-state index contributed by atoms with van der Waals surface area (Å²) in [6, 6.07) is 11.3. The van der Waals surface area contributed by atoms with Gasteiger partial charge in [0.25, 0.3) is 0 Å². The van der Waals surface area contributed by atoms with E-state index in [0.29, 0.717) is 53.2 Å². The van der Waals surface area contributed by atoms with Gasteiger partial charge in [-0.3, -0.25) is 0 Å². The van der Waals surface area contributed by atoms with Crippen molar-refractivity contribution >= 4 is 17.6 Å². The fourth-order valence-corrected chi connectivity index (χ4v) is 4.25. The molecule has 0 fully saturated rings. The van der Waals surface area contributed by atoms with Crippen LogP contribution in [0.2, 0.25) is 5.02 Å². The van der Waals surface area contributed by atoms with Crippen LogP contribution < -0.4 is 19.5 Å². The number of aromatic nitrogens is 1. The van der Waals surface area contributed by atoms with Crippen LogP contribution in [0.4, 0.5) is 0 Å². The molecule has 0 aliphatic heterocycles. The highest BCUT2D eigenvalue weighted by Crippen LogP contribution is 2.38. The van der Waals surface area contributed by atoms with Crippen LogP contribution in [0, 0.1) is 13.8 Å². The largest absolute Gasteiger partial charge is 0.493 e. The summed E-state index contributed by atoms with van der Waals surface area (Å²) in [4.78, 5) is 12.1. The van der Waals surface area contributed by atoms with Crippen molar-refractivity contribution in [2.75, 3.05) is 21.3 Å². The predicted octanol–water partition coefficient (Wildman–Crippen LogP) is 4.82. The zero-order valence-corrected chi connectivity index (χ0v) is 20.2. The summed E-state index contributed by atoms with van der Waals surface area (Å²) in [5, 5.41) is 13.9. The van der Waals surface area contributed by atoms with Crippen LogP contribution in [0.5, 0.6) is 17.2 Å². The van der Waals surface area contributed by atoms with Crippen LogP contribution in [0.3, 0.4) is 0 Å². The molecule has 0 aliphatic rings. The minimum Gasteiger partial charge on any atom is -0.493 e. The fraction of sp³-hybridized carbons (Fsp3) is 0.320. The Bertz CT molecular complexity index is 1130. The van der Waals surface area contributed by atoms with Crippen LogP contribution in [-0.2, 0) is 19.6 Å². The Morgan fingerprint density at radius 3 is 2.18 bits per heavy atom. The van der Waals surface area contributed by atoms with E-state index >= 15 is 0 Å². The summed E-state index contributed by atoms with van der Waals surface area (Å²) in [5.74, 6) is 0.716. The molecule has 33 heavy (non-hydrogen) atoms. The topological polar surface area (TPSA) is 82.0 Å². The number of halogens is 1. The van der Waals surface area contributed by atoms with Gasteiger partial charge < -0.3 is 29.2 Å². The van der Waals surface area contributed by atoms with E-state index in [1.807, 2.05) is 54.8 Å². The monoisotopic (exact) mass is 472 g/mol. The zero-order valence-electron chi connectivity index (χ0n) is 19.5. The van der Waals surface area contributed by atoms with Crippen LogP contribution in [0.1, 0.15) is 38.4 Å². The Hall–Kier alpha value is -3.16. The number of carboxylic acids is 1. The Balaban J connectivity index is 1.86. The molecule has 8 heteroatoms. The van der Waals surface area contributed by atoms with Gasteiger partial charge in [-0.05, 0) is 43.2 Å². The minimum absolute atomic E-state index is 0.317. The van der Waals surface area contributed by atoms with Gasteiger partial charge in [0, 0.05) is 41.6 Å². The van der Waals surface area contributed by atoms with Crippen molar-refractivity contribution < 1.29 is 24.1 Å². The normalized spacial score (nSPS) is 10.8. The number of hydrogen-bond donors (Lipinski definition) is 2. The van der Waals surface area contributed by atoms with Gasteiger partial charge in [-0.1, -0.05) is 29.8 Å². The molecule has 0 unspecified atom stereocenters. The molecule has 2 aromatic carbocycles. The van der Waals surface area contributed by atoms with Gasteiger partial charge in [-0.15, -0.1) is 0 Å². The Morgan fingerprint density at radius 1 is 1.00 bits per heavy atom. The highest BCUT2D eigenvalue weighted by atomic mass is 35.5. The lowest BCUT2D eigenvalue weighted by molar-refractivity contribution is 0.0694. The highest BCUT2D eigenvalue weighted by molar-refractivity contribution is 6.31. The molecule has 0 amide bonds. The summed E-state index contributed by atoms with van der Waals surface area (Å²) >= 11 is 6.34. The van der Waals surface area contributed by atoms with Crippen molar-refractivity contribution in [3.8, 4) is 17.2 Å². The van der Waals surface area contributed by atoms with Crippen LogP contribution in [0.25, 0.3) is 0 Å². The number of nitrogens with zero attached hydrogens (tertiary/aromatic N) is 1. The molecule has 0 radical (unpaired) electrons. The second kappa shape index (κ2) is 10.6. The van der Waals surface area contributed by atoms with E-state index < -0.39 is 5.97 Å². The number of benzene rings is 2. The number of rotatable bonds is 10. The van der Waals surface area contributed by atoms with Crippen molar-refractivity contribution in [1.82, 2.24) is 9.88 Å². The quantitative estimate of drug-likeness (QED) is 0.440. The Morgan fingerprint density at radius 2 is 1.64 bits per heavy atom. The summed E-state index contributed by atoms with van der Waals surface area (Å²) in [5.41, 5.74) is 4.52. The SMILES string of the molecule is COc1cc(CNCc2c(C(=O)O)c(C)n(Cc3ccccc3Cl)c2C)cc(OC)c1OC. The first-order valence-electron chi connectivity index (χ1n) is 10.5. The molecule has 176 valence electrons. The maximum Gasteiger partial charge on any atom is 0.337 e. The predicted molar refractivity (Wildman–Crippen MR) is 128 cm³/mol. The standard InChI is InChI=1S/C25H29ClN2O5/c1-15-19(13-27-12-17-10-21(31-3)24(33-5)22(11-17)32-4)23(25(29)30)16(2)28(15)14-18-8-6-7-9-20(18)26/h6-11,27H,12-14H2,1-5H3,(H,29,30). The third-order valence-corrected chi connectivity index (χ3v) is 6.13. The van der Waals surface area contributed by atoms with E-state index in [4.69, 9.17) is 25.8 Å². The molecule has 0 aliphatic carbocycles. The van der Waals surface area contributed by atoms with Gasteiger partial charge in [-0.25, -0.2) is 4.79 Å². The van der Waals surface area contributed by atoms with Gasteiger partial charge in [0.15, 0.2) is 11.5 Å². The van der Waals surface area contributed by atoms with Crippen molar-refractivity contribution in [2.24, 2.45) is 0 Å². The molecule has 0 atom stereocenters. The van der Waals surface area contributed by atoms with E-state index in [0.717, 1.165) is 22.4 Å². The lowest BCUT2D eigenvalue weighted by Gasteiger charge is -2.15. The lowest BCUT2D eigenvalue weighted by Crippen LogP contribution is -2.16. The molecular weight excluding hydrogens is 444 g/mol. The number of methoxy groups -OCH3 is 3. The molecule has 7 nitrogen and oxygen atoms in total. The van der Waals surface area contributed by atoms with E-state index in [2.05, 4.69) is 5.32 Å². The molecule has 0 saturated carbocycles. The molecule has 0 bridgehead atoms. The van der Waals surface area contributed by atoms with Crippen LogP contribution in [-0.4, -0.2) is 37.0 Å². The number of carbonyl (C=O) groups is 1. The van der Waals surface area contributed by atoms with Gasteiger partial charge in [0.2, 0.25) is 5.75 Å². The van der Waals surface area contributed by atoms with Gasteiger partial charge in [0.1, 0.15) is 0 Å². The second-order valence-electron chi connectivity index (χ2n) is 7.64. The first-order valence-corrected chi connectivity index (χ1v) is 10.8. The summed E-state index contributed by atoms with van der Waals surface area (Å²) in [6.07, 6.45) is 0. The molecule has 0 spiro atoms. The third kappa shape index (κ3) is 5.10. The van der Waals surface area contributed by atoms with Gasteiger partial charge in [-0.2, -0.15) is 0 Å². The molecule has 0 saturated heterocycles. The number of hydrogen-bond acceptors (Lipinski definition) is 5. The average Bonchev–Trinajstić information content (AvgIpc) is 3.04. The summed E-state index contributed by atoms with van der Waals surface area (Å²) in [6.45, 7) is 5.15. The van der Waals surface area contributed by atoms with Gasteiger partial charge in [0.05, 0.1) is 26.9 Å². The Kier molecular flexibility index (Phi) is 7.89. The van der Waals surface area contributed by atoms with E-state index in [1.165, 1.54) is 0 Å². The first-order chi connectivity index (χ1) is 15.8. The molecule has 1 heterocycles. The Labute approximate surface area is 198 Å². The lowest BCUT2D eigenvalue weighted by atomic mass is 10.1. The van der Waals surface area contributed by atoms with Crippen molar-refractivity contribution in [1.29, 1.82) is 0 Å². The summed E-state index contributed by atoms with van der Waals surface area (Å²) < 4.78 is 18.2. The smallest absolute Gasteiger partial charge is 0.337 e. The zero-order chi connectivity index (χ0) is 24.1. The maximum atomic E-state index is 12.1. The average molecular weight is 473 g/mol. The number of nitrogens with one attached hydrogen (secondary N) is 1. The highest BCUT2D eigenvalue weighted by Gasteiger charge is 2.23. The third-order valence-electron chi connectivity index (χ3n) is 5.77. The number of carboxylic acid groups (broad SMARTS) is 1. The maximum absolute atomic E-state index is 12.1. The van der Waals surface area contributed by atoms with Gasteiger partial charge >= 0.3 is 5.97 Å². The number of ether oxygens (including phenoxy) is 3. The minimum atomic E-state index is -0.946.